The molecule has 2 rings (SSSR count). The average Bonchev–Trinajstić information content (AvgIpc) is 2.45. The Kier molecular flexibility index (Phi) is 4.85. The van der Waals surface area contributed by atoms with Crippen LogP contribution in [0.2, 0.25) is 5.02 Å². The van der Waals surface area contributed by atoms with Crippen LogP contribution in [0.5, 0.6) is 0 Å². The van der Waals surface area contributed by atoms with Crippen molar-refractivity contribution < 1.29 is 18.0 Å². The minimum absolute atomic E-state index is 0.220. The fraction of sp³-hybridized carbons (Fsp3) is 0.133. The fourth-order valence-corrected chi connectivity index (χ4v) is 2.02. The first-order valence-corrected chi connectivity index (χ1v) is 6.53. The van der Waals surface area contributed by atoms with Crippen LogP contribution in [0.1, 0.15) is 15.9 Å². The Morgan fingerprint density at radius 1 is 1.10 bits per heavy atom. The van der Waals surface area contributed by atoms with Gasteiger partial charge in [0.05, 0.1) is 5.56 Å². The van der Waals surface area contributed by atoms with Gasteiger partial charge in [0.15, 0.2) is 17.5 Å². The summed E-state index contributed by atoms with van der Waals surface area (Å²) in [4.78, 5) is 11.7. The van der Waals surface area contributed by atoms with Crippen LogP contribution < -0.4 is 5.32 Å². The molecule has 0 unspecified atom stereocenters. The highest BCUT2D eigenvalue weighted by molar-refractivity contribution is 6.30. The number of benzene rings is 2. The number of amides is 1. The van der Waals surface area contributed by atoms with Crippen molar-refractivity contribution in [2.24, 2.45) is 0 Å². The number of nitrogens with one attached hydrogen (secondary N) is 1. The third kappa shape index (κ3) is 3.76. The number of halogens is 4. The van der Waals surface area contributed by atoms with E-state index in [2.05, 4.69) is 5.32 Å². The fourth-order valence-electron chi connectivity index (χ4n) is 1.81. The molecule has 110 valence electrons. The molecule has 2 aromatic carbocycles. The van der Waals surface area contributed by atoms with Gasteiger partial charge in [-0.1, -0.05) is 23.7 Å². The third-order valence-electron chi connectivity index (χ3n) is 2.87. The zero-order chi connectivity index (χ0) is 15.4. The molecule has 6 heteroatoms. The van der Waals surface area contributed by atoms with Crippen molar-refractivity contribution in [1.29, 1.82) is 0 Å². The van der Waals surface area contributed by atoms with Crippen LogP contribution >= 0.6 is 11.6 Å². The number of hydrogen-bond acceptors (Lipinski definition) is 1. The Balaban J connectivity index is 1.98. The molecule has 0 saturated carbocycles. The second kappa shape index (κ2) is 6.63. The lowest BCUT2D eigenvalue weighted by atomic mass is 10.1. The van der Waals surface area contributed by atoms with Gasteiger partial charge in [0, 0.05) is 11.6 Å². The van der Waals surface area contributed by atoms with Crippen molar-refractivity contribution in [2.75, 3.05) is 6.54 Å². The highest BCUT2D eigenvalue weighted by Crippen LogP contribution is 2.15. The minimum atomic E-state index is -1.66. The molecule has 21 heavy (non-hydrogen) atoms. The number of rotatable bonds is 4. The molecule has 0 radical (unpaired) electrons. The Morgan fingerprint density at radius 3 is 2.57 bits per heavy atom. The van der Waals surface area contributed by atoms with E-state index in [1.165, 1.54) is 0 Å². The quantitative estimate of drug-likeness (QED) is 0.856. The molecule has 0 spiro atoms. The molecular weight excluding hydrogens is 303 g/mol. The van der Waals surface area contributed by atoms with E-state index in [4.69, 9.17) is 11.6 Å². The van der Waals surface area contributed by atoms with Crippen molar-refractivity contribution >= 4 is 17.5 Å². The van der Waals surface area contributed by atoms with Gasteiger partial charge in [-0.05, 0) is 36.2 Å². The molecule has 0 fully saturated rings. The summed E-state index contributed by atoms with van der Waals surface area (Å²) in [6.45, 7) is 0.220. The van der Waals surface area contributed by atoms with Gasteiger partial charge in [-0.25, -0.2) is 13.2 Å². The van der Waals surface area contributed by atoms with Crippen LogP contribution in [0, 0.1) is 17.5 Å². The molecule has 0 bridgehead atoms. The Bertz CT molecular complexity index is 676. The lowest BCUT2D eigenvalue weighted by Gasteiger charge is -2.07. The molecule has 2 nitrogen and oxygen atoms in total. The first-order valence-electron chi connectivity index (χ1n) is 6.15. The maximum atomic E-state index is 13.4. The summed E-state index contributed by atoms with van der Waals surface area (Å²) in [7, 11) is 0. The van der Waals surface area contributed by atoms with Crippen LogP contribution in [0.15, 0.2) is 36.4 Å². The topological polar surface area (TPSA) is 29.1 Å². The second-order valence-corrected chi connectivity index (χ2v) is 4.80. The standard InChI is InChI=1S/C15H11ClF3NO/c16-10-3-1-2-9(8-10)6-7-20-15(21)11-4-5-12(17)14(19)13(11)18/h1-5,8H,6-7H2,(H,20,21). The highest BCUT2D eigenvalue weighted by Gasteiger charge is 2.18. The summed E-state index contributed by atoms with van der Waals surface area (Å²) in [6, 6.07) is 8.68. The normalized spacial score (nSPS) is 10.5. The van der Waals surface area contributed by atoms with Gasteiger partial charge in [-0.3, -0.25) is 4.79 Å². The summed E-state index contributed by atoms with van der Waals surface area (Å²) in [5, 5.41) is 3.02. The van der Waals surface area contributed by atoms with Crippen LogP contribution in [-0.2, 0) is 6.42 Å². The summed E-state index contributed by atoms with van der Waals surface area (Å²) < 4.78 is 39.2. The molecular formula is C15H11ClF3NO. The van der Waals surface area contributed by atoms with Crippen LogP contribution in [-0.4, -0.2) is 12.5 Å². The van der Waals surface area contributed by atoms with Gasteiger partial charge in [0.1, 0.15) is 0 Å². The summed E-state index contributed by atoms with van der Waals surface area (Å²) in [5.41, 5.74) is 0.369. The van der Waals surface area contributed by atoms with Gasteiger partial charge in [-0.15, -0.1) is 0 Å². The van der Waals surface area contributed by atoms with Crippen molar-refractivity contribution in [3.8, 4) is 0 Å². The molecule has 1 amide bonds. The van der Waals surface area contributed by atoms with E-state index < -0.39 is 28.9 Å². The van der Waals surface area contributed by atoms with Crippen LogP contribution in [0.4, 0.5) is 13.2 Å². The van der Waals surface area contributed by atoms with E-state index in [-0.39, 0.29) is 6.54 Å². The van der Waals surface area contributed by atoms with E-state index in [0.29, 0.717) is 17.5 Å². The maximum absolute atomic E-state index is 13.4. The number of carbonyl (C=O) groups is 1. The van der Waals surface area contributed by atoms with Crippen molar-refractivity contribution in [3.63, 3.8) is 0 Å². The number of hydrogen-bond donors (Lipinski definition) is 1. The number of carbonyl (C=O) groups excluding carboxylic acids is 1. The minimum Gasteiger partial charge on any atom is -0.352 e. The molecule has 0 atom stereocenters. The zero-order valence-corrected chi connectivity index (χ0v) is 11.6. The van der Waals surface area contributed by atoms with E-state index >= 15 is 0 Å². The maximum Gasteiger partial charge on any atom is 0.254 e. The smallest absolute Gasteiger partial charge is 0.254 e. The van der Waals surface area contributed by atoms with Gasteiger partial charge >= 0.3 is 0 Å². The van der Waals surface area contributed by atoms with E-state index in [1.807, 2.05) is 6.07 Å². The van der Waals surface area contributed by atoms with Crippen LogP contribution in [0.25, 0.3) is 0 Å². The zero-order valence-electron chi connectivity index (χ0n) is 10.8. The predicted octanol–water partition coefficient (Wildman–Crippen LogP) is 3.73. The van der Waals surface area contributed by atoms with Gasteiger partial charge < -0.3 is 5.32 Å². The molecule has 0 aliphatic carbocycles. The molecule has 0 aromatic heterocycles. The molecule has 0 heterocycles. The summed E-state index contributed by atoms with van der Waals surface area (Å²) >= 11 is 5.82. The average molecular weight is 314 g/mol. The van der Waals surface area contributed by atoms with Gasteiger partial charge in [-0.2, -0.15) is 0 Å². The Morgan fingerprint density at radius 2 is 1.86 bits per heavy atom. The van der Waals surface area contributed by atoms with E-state index in [1.54, 1.807) is 18.2 Å². The summed E-state index contributed by atoms with van der Waals surface area (Å²) in [5.74, 6) is -5.27. The Hall–Kier alpha value is -2.01. The third-order valence-corrected chi connectivity index (χ3v) is 3.10. The van der Waals surface area contributed by atoms with Crippen molar-refractivity contribution in [3.05, 3.63) is 70.0 Å². The lowest BCUT2D eigenvalue weighted by molar-refractivity contribution is 0.0949. The largest absolute Gasteiger partial charge is 0.352 e. The van der Waals surface area contributed by atoms with Gasteiger partial charge in [0.25, 0.3) is 5.91 Å². The molecule has 0 aliphatic heterocycles. The predicted molar refractivity (Wildman–Crippen MR) is 73.8 cm³/mol. The molecule has 2 aromatic rings. The van der Waals surface area contributed by atoms with Crippen molar-refractivity contribution in [2.45, 2.75) is 6.42 Å². The molecule has 0 saturated heterocycles. The first-order chi connectivity index (χ1) is 9.99. The van der Waals surface area contributed by atoms with E-state index in [0.717, 1.165) is 11.6 Å². The summed E-state index contributed by atoms with van der Waals surface area (Å²) in [6.07, 6.45) is 0.484. The first kappa shape index (κ1) is 15.4. The monoisotopic (exact) mass is 313 g/mol. The van der Waals surface area contributed by atoms with E-state index in [9.17, 15) is 18.0 Å². The Labute approximate surface area is 124 Å². The lowest BCUT2D eigenvalue weighted by Crippen LogP contribution is -2.27. The second-order valence-electron chi connectivity index (χ2n) is 4.36. The molecule has 1 N–H and O–H groups in total. The van der Waals surface area contributed by atoms with Gasteiger partial charge in [0.2, 0.25) is 0 Å². The SMILES string of the molecule is O=C(NCCc1cccc(Cl)c1)c1ccc(F)c(F)c1F. The molecule has 0 aliphatic rings. The van der Waals surface area contributed by atoms with Crippen molar-refractivity contribution in [1.82, 2.24) is 5.32 Å². The highest BCUT2D eigenvalue weighted by atomic mass is 35.5. The van der Waals surface area contributed by atoms with Crippen LogP contribution in [0.3, 0.4) is 0 Å².